The maximum atomic E-state index is 12.6. The Hall–Kier alpha value is -3.27. The number of anilines is 2. The number of carbonyl (C=O) groups is 2. The van der Waals surface area contributed by atoms with Crippen molar-refractivity contribution < 1.29 is 18.7 Å². The molecule has 0 bridgehead atoms. The minimum absolute atomic E-state index is 0.0158. The number of aryl methyl sites for hydroxylation is 1. The van der Waals surface area contributed by atoms with Crippen LogP contribution in [0.25, 0.3) is 11.6 Å². The highest BCUT2D eigenvalue weighted by Gasteiger charge is 2.36. The summed E-state index contributed by atoms with van der Waals surface area (Å²) in [5.41, 5.74) is 1.26. The number of methoxy groups -OCH3 is 1. The van der Waals surface area contributed by atoms with Crippen molar-refractivity contribution in [3.05, 3.63) is 34.7 Å². The first kappa shape index (κ1) is 18.1. The van der Waals surface area contributed by atoms with Crippen molar-refractivity contribution in [1.29, 1.82) is 0 Å². The lowest BCUT2D eigenvalue weighted by molar-refractivity contribution is -0.122. The molecule has 1 atom stereocenters. The maximum Gasteiger partial charge on any atom is 0.322 e. The molecule has 28 heavy (non-hydrogen) atoms. The van der Waals surface area contributed by atoms with Crippen LogP contribution in [0.3, 0.4) is 0 Å². The van der Waals surface area contributed by atoms with Crippen molar-refractivity contribution >= 4 is 34.9 Å². The Morgan fingerprint density at radius 2 is 2.25 bits per heavy atom. The van der Waals surface area contributed by atoms with Crippen LogP contribution in [0.5, 0.6) is 5.75 Å². The van der Waals surface area contributed by atoms with Gasteiger partial charge in [-0.05, 0) is 19.1 Å². The lowest BCUT2D eigenvalue weighted by atomic mass is 10.1. The van der Waals surface area contributed by atoms with Crippen molar-refractivity contribution in [2.24, 2.45) is 5.92 Å². The summed E-state index contributed by atoms with van der Waals surface area (Å²) in [7, 11) is 1.56. The van der Waals surface area contributed by atoms with E-state index in [1.807, 2.05) is 6.92 Å². The summed E-state index contributed by atoms with van der Waals surface area (Å²) in [5.74, 6) is -0.106. The van der Waals surface area contributed by atoms with E-state index in [1.165, 1.54) is 11.3 Å². The molecule has 1 aliphatic heterocycles. The van der Waals surface area contributed by atoms with Crippen LogP contribution in [0.1, 0.15) is 11.4 Å². The second-order valence-corrected chi connectivity index (χ2v) is 7.32. The Balaban J connectivity index is 1.43. The number of amides is 2. The number of thiazole rings is 1. The van der Waals surface area contributed by atoms with Gasteiger partial charge in [0, 0.05) is 30.1 Å². The van der Waals surface area contributed by atoms with Crippen molar-refractivity contribution in [3.8, 4) is 17.3 Å². The summed E-state index contributed by atoms with van der Waals surface area (Å²) in [6, 6.07) is 7.15. The topological polar surface area (TPSA) is 110 Å². The maximum absolute atomic E-state index is 12.6. The Morgan fingerprint density at radius 3 is 3.00 bits per heavy atom. The van der Waals surface area contributed by atoms with Crippen molar-refractivity contribution in [3.63, 3.8) is 0 Å². The number of hydrogen-bond acceptors (Lipinski definition) is 8. The quantitative estimate of drug-likeness (QED) is 0.702. The van der Waals surface area contributed by atoms with Crippen LogP contribution in [0.4, 0.5) is 11.7 Å². The summed E-state index contributed by atoms with van der Waals surface area (Å²) in [5, 5.41) is 13.0. The number of nitrogens with zero attached hydrogens (tertiary/aromatic N) is 4. The van der Waals surface area contributed by atoms with Gasteiger partial charge in [-0.15, -0.1) is 16.4 Å². The van der Waals surface area contributed by atoms with Gasteiger partial charge in [-0.2, -0.15) is 0 Å². The molecular weight excluding hydrogens is 382 g/mol. The molecule has 1 N–H and O–H groups in total. The van der Waals surface area contributed by atoms with Gasteiger partial charge in [0.15, 0.2) is 0 Å². The van der Waals surface area contributed by atoms with Crippen molar-refractivity contribution in [2.75, 3.05) is 23.9 Å². The number of benzene rings is 1. The first-order valence-corrected chi connectivity index (χ1v) is 9.42. The van der Waals surface area contributed by atoms with Crippen LogP contribution >= 0.6 is 11.3 Å². The zero-order chi connectivity index (χ0) is 19.7. The van der Waals surface area contributed by atoms with Gasteiger partial charge in [0.25, 0.3) is 5.89 Å². The first-order chi connectivity index (χ1) is 13.5. The van der Waals surface area contributed by atoms with E-state index >= 15 is 0 Å². The van der Waals surface area contributed by atoms with Gasteiger partial charge >= 0.3 is 6.01 Å². The summed E-state index contributed by atoms with van der Waals surface area (Å²) < 4.78 is 10.7. The second kappa shape index (κ2) is 7.39. The molecule has 2 amide bonds. The fourth-order valence-corrected chi connectivity index (χ4v) is 3.54. The van der Waals surface area contributed by atoms with Crippen LogP contribution in [0.2, 0.25) is 0 Å². The molecule has 2 aromatic heterocycles. The predicted molar refractivity (Wildman–Crippen MR) is 102 cm³/mol. The monoisotopic (exact) mass is 399 g/mol. The normalized spacial score (nSPS) is 16.4. The zero-order valence-corrected chi connectivity index (χ0v) is 16.0. The molecule has 0 unspecified atom stereocenters. The predicted octanol–water partition coefficient (Wildman–Crippen LogP) is 2.50. The van der Waals surface area contributed by atoms with E-state index in [1.54, 1.807) is 41.7 Å². The highest BCUT2D eigenvalue weighted by molar-refractivity contribution is 7.09. The second-order valence-electron chi connectivity index (χ2n) is 6.26. The van der Waals surface area contributed by atoms with E-state index in [9.17, 15) is 9.59 Å². The van der Waals surface area contributed by atoms with Gasteiger partial charge in [-0.25, -0.2) is 4.98 Å². The summed E-state index contributed by atoms with van der Waals surface area (Å²) >= 11 is 1.47. The number of hydrogen-bond donors (Lipinski definition) is 1. The number of carbonyl (C=O) groups excluding carboxylic acids is 2. The molecule has 1 saturated heterocycles. The van der Waals surface area contributed by atoms with E-state index in [-0.39, 0.29) is 36.7 Å². The van der Waals surface area contributed by atoms with Crippen LogP contribution < -0.4 is 15.0 Å². The largest absolute Gasteiger partial charge is 0.497 e. The standard InChI is InChI=1S/C18H17N5O4S/c1-10-19-14(9-28-10)17-21-22-18(27-17)20-16(25)11-6-15(24)23(8-11)12-4-3-5-13(7-12)26-2/h3-5,7,9,11H,6,8H2,1-2H3,(H,20,22,25)/t11-/m0/s1. The number of rotatable bonds is 5. The fraction of sp³-hybridized carbons (Fsp3) is 0.278. The van der Waals surface area contributed by atoms with Gasteiger partial charge < -0.3 is 14.1 Å². The third-order valence-electron chi connectivity index (χ3n) is 4.35. The molecule has 0 radical (unpaired) electrons. The number of nitrogens with one attached hydrogen (secondary N) is 1. The van der Waals surface area contributed by atoms with Gasteiger partial charge in [-0.3, -0.25) is 14.9 Å². The number of ether oxygens (including phenoxy) is 1. The van der Waals surface area contributed by atoms with Gasteiger partial charge in [0.05, 0.1) is 18.0 Å². The third-order valence-corrected chi connectivity index (χ3v) is 5.13. The molecule has 0 saturated carbocycles. The Bertz CT molecular complexity index is 1030. The van der Waals surface area contributed by atoms with Crippen LogP contribution in [-0.4, -0.2) is 40.7 Å². The average Bonchev–Trinajstić information content (AvgIpc) is 3.41. The molecule has 3 heterocycles. The van der Waals surface area contributed by atoms with E-state index in [0.29, 0.717) is 17.1 Å². The zero-order valence-electron chi connectivity index (χ0n) is 15.2. The number of aromatic nitrogens is 3. The van der Waals surface area contributed by atoms with E-state index in [2.05, 4.69) is 20.5 Å². The minimum atomic E-state index is -0.518. The van der Waals surface area contributed by atoms with Gasteiger partial charge in [0.2, 0.25) is 11.8 Å². The molecule has 1 aliphatic rings. The molecule has 1 fully saturated rings. The minimum Gasteiger partial charge on any atom is -0.497 e. The molecule has 0 aliphatic carbocycles. The SMILES string of the molecule is COc1cccc(N2C[C@@H](C(=O)Nc3nnc(-c4csc(C)n4)o3)CC2=O)c1. The molecule has 10 heteroatoms. The Labute approximate surface area is 164 Å². The van der Waals surface area contributed by atoms with Crippen molar-refractivity contribution in [2.45, 2.75) is 13.3 Å². The Morgan fingerprint density at radius 1 is 1.39 bits per heavy atom. The van der Waals surface area contributed by atoms with Crippen LogP contribution in [0.15, 0.2) is 34.1 Å². The van der Waals surface area contributed by atoms with E-state index in [0.717, 1.165) is 5.01 Å². The molecule has 144 valence electrons. The summed E-state index contributed by atoms with van der Waals surface area (Å²) in [4.78, 5) is 30.8. The molecule has 1 aromatic carbocycles. The fourth-order valence-electron chi connectivity index (χ4n) is 2.96. The van der Waals surface area contributed by atoms with Crippen molar-refractivity contribution in [1.82, 2.24) is 15.2 Å². The molecule has 0 spiro atoms. The van der Waals surface area contributed by atoms with Gasteiger partial charge in [-0.1, -0.05) is 11.2 Å². The Kier molecular flexibility index (Phi) is 4.78. The lowest BCUT2D eigenvalue weighted by Crippen LogP contribution is -2.28. The first-order valence-electron chi connectivity index (χ1n) is 8.55. The van der Waals surface area contributed by atoms with E-state index < -0.39 is 5.92 Å². The highest BCUT2D eigenvalue weighted by Crippen LogP contribution is 2.29. The average molecular weight is 399 g/mol. The van der Waals surface area contributed by atoms with E-state index in [4.69, 9.17) is 9.15 Å². The smallest absolute Gasteiger partial charge is 0.322 e. The molecule has 9 nitrogen and oxygen atoms in total. The lowest BCUT2D eigenvalue weighted by Gasteiger charge is -2.17. The molecule has 4 rings (SSSR count). The van der Waals surface area contributed by atoms with Crippen LogP contribution in [0, 0.1) is 12.8 Å². The molecule has 3 aromatic rings. The summed E-state index contributed by atoms with van der Waals surface area (Å²) in [6.07, 6.45) is 0.106. The highest BCUT2D eigenvalue weighted by atomic mass is 32.1. The third kappa shape index (κ3) is 3.58. The van der Waals surface area contributed by atoms with Gasteiger partial charge in [0.1, 0.15) is 11.4 Å². The van der Waals surface area contributed by atoms with Crippen LogP contribution in [-0.2, 0) is 9.59 Å². The molecular formula is C18H17N5O4S. The summed E-state index contributed by atoms with van der Waals surface area (Å²) in [6.45, 7) is 2.14.